The Labute approximate surface area is 94.7 Å². The van der Waals surface area contributed by atoms with Crippen LogP contribution in [0.2, 0.25) is 0 Å². The Morgan fingerprint density at radius 3 is 2.88 bits per heavy atom. The van der Waals surface area contributed by atoms with Gasteiger partial charge in [0.15, 0.2) is 0 Å². The number of anilines is 1. The minimum absolute atomic E-state index is 0.221. The van der Waals surface area contributed by atoms with E-state index in [1.165, 1.54) is 12.1 Å². The molecule has 0 aliphatic carbocycles. The van der Waals surface area contributed by atoms with Gasteiger partial charge in [-0.3, -0.25) is 5.10 Å². The summed E-state index contributed by atoms with van der Waals surface area (Å²) < 4.78 is 14.1. The van der Waals surface area contributed by atoms with E-state index < -0.39 is 0 Å². The summed E-state index contributed by atoms with van der Waals surface area (Å²) in [5.74, 6) is 0.236. The van der Waals surface area contributed by atoms with Crippen molar-refractivity contribution in [3.05, 3.63) is 36.1 Å². The number of halogens is 1. The number of hydrogen-bond donors (Lipinski definition) is 2. The number of nitrogen functional groups attached to an aromatic ring is 1. The van der Waals surface area contributed by atoms with E-state index in [2.05, 4.69) is 10.2 Å². The molecule has 3 nitrogen and oxygen atoms in total. The minimum atomic E-state index is -0.221. The molecule has 0 atom stereocenters. The Hall–Kier alpha value is -1.88. The van der Waals surface area contributed by atoms with Gasteiger partial charge in [0.2, 0.25) is 0 Å². The largest absolute Gasteiger partial charge is 0.382 e. The van der Waals surface area contributed by atoms with Crippen molar-refractivity contribution in [3.8, 4) is 10.6 Å². The highest BCUT2D eigenvalue weighted by atomic mass is 32.1. The second-order valence-corrected chi connectivity index (χ2v) is 4.58. The Bertz CT molecular complexity index is 656. The molecule has 0 unspecified atom stereocenters. The summed E-state index contributed by atoms with van der Waals surface area (Å²) in [7, 11) is 0. The van der Waals surface area contributed by atoms with Crippen LogP contribution in [-0.4, -0.2) is 10.2 Å². The maximum Gasteiger partial charge on any atom is 0.145 e. The van der Waals surface area contributed by atoms with E-state index in [9.17, 15) is 4.39 Å². The number of rotatable bonds is 1. The SMILES string of the molecule is Nc1cc(-c2cc3cc(F)ccc3s2)[nH]n1. The van der Waals surface area contributed by atoms with E-state index in [4.69, 9.17) is 5.73 Å². The number of nitrogens with two attached hydrogens (primary N) is 1. The van der Waals surface area contributed by atoms with Gasteiger partial charge < -0.3 is 5.73 Å². The average molecular weight is 233 g/mol. The number of benzene rings is 1. The fourth-order valence-electron chi connectivity index (χ4n) is 1.61. The normalized spacial score (nSPS) is 11.1. The van der Waals surface area contributed by atoms with Crippen LogP contribution < -0.4 is 5.73 Å². The van der Waals surface area contributed by atoms with Crippen molar-refractivity contribution in [1.29, 1.82) is 0 Å². The monoisotopic (exact) mass is 233 g/mol. The lowest BCUT2D eigenvalue weighted by molar-refractivity contribution is 0.630. The molecule has 0 radical (unpaired) electrons. The molecule has 0 bridgehead atoms. The van der Waals surface area contributed by atoms with Gasteiger partial charge in [-0.25, -0.2) is 4.39 Å². The standard InChI is InChI=1S/C11H8FN3S/c12-7-1-2-9-6(3-7)4-10(16-9)8-5-11(13)15-14-8/h1-5H,(H3,13,14,15). The zero-order valence-corrected chi connectivity index (χ0v) is 9.01. The van der Waals surface area contributed by atoms with Gasteiger partial charge in [0.25, 0.3) is 0 Å². The van der Waals surface area contributed by atoms with Gasteiger partial charge in [0.1, 0.15) is 11.6 Å². The van der Waals surface area contributed by atoms with Crippen LogP contribution in [0.4, 0.5) is 10.2 Å². The zero-order valence-electron chi connectivity index (χ0n) is 8.20. The predicted molar refractivity (Wildman–Crippen MR) is 63.8 cm³/mol. The molecular weight excluding hydrogens is 225 g/mol. The quantitative estimate of drug-likeness (QED) is 0.678. The van der Waals surface area contributed by atoms with Crippen molar-refractivity contribution in [2.24, 2.45) is 0 Å². The molecule has 0 saturated heterocycles. The number of hydrogen-bond acceptors (Lipinski definition) is 3. The van der Waals surface area contributed by atoms with Crippen LogP contribution in [0.5, 0.6) is 0 Å². The maximum atomic E-state index is 13.0. The number of H-pyrrole nitrogens is 1. The van der Waals surface area contributed by atoms with Gasteiger partial charge >= 0.3 is 0 Å². The van der Waals surface area contributed by atoms with Crippen LogP contribution >= 0.6 is 11.3 Å². The lowest BCUT2D eigenvalue weighted by atomic mass is 10.2. The number of fused-ring (bicyclic) bond motifs is 1. The molecule has 2 aromatic heterocycles. The molecule has 3 rings (SSSR count). The summed E-state index contributed by atoms with van der Waals surface area (Å²) in [5, 5.41) is 7.60. The second-order valence-electron chi connectivity index (χ2n) is 3.50. The average Bonchev–Trinajstić information content (AvgIpc) is 2.83. The van der Waals surface area contributed by atoms with E-state index in [1.54, 1.807) is 23.5 Å². The first-order valence-electron chi connectivity index (χ1n) is 4.73. The Kier molecular flexibility index (Phi) is 1.94. The minimum Gasteiger partial charge on any atom is -0.382 e. The Morgan fingerprint density at radius 2 is 2.12 bits per heavy atom. The first-order valence-corrected chi connectivity index (χ1v) is 5.54. The van der Waals surface area contributed by atoms with Crippen LogP contribution in [0.1, 0.15) is 0 Å². The lowest BCUT2D eigenvalue weighted by Gasteiger charge is -1.86. The van der Waals surface area contributed by atoms with E-state index in [1.807, 2.05) is 6.07 Å². The van der Waals surface area contributed by atoms with Crippen LogP contribution in [-0.2, 0) is 0 Å². The molecule has 80 valence electrons. The third-order valence-corrected chi connectivity index (χ3v) is 3.49. The Balaban J connectivity index is 2.18. The topological polar surface area (TPSA) is 54.7 Å². The van der Waals surface area contributed by atoms with Gasteiger partial charge in [0.05, 0.1) is 10.6 Å². The molecule has 0 amide bonds. The fourth-order valence-corrected chi connectivity index (χ4v) is 2.62. The summed E-state index contributed by atoms with van der Waals surface area (Å²) in [6.07, 6.45) is 0. The van der Waals surface area contributed by atoms with Gasteiger partial charge in [-0.1, -0.05) is 0 Å². The van der Waals surface area contributed by atoms with Crippen molar-refractivity contribution in [3.63, 3.8) is 0 Å². The highest BCUT2D eigenvalue weighted by molar-refractivity contribution is 7.22. The molecule has 2 heterocycles. The lowest BCUT2D eigenvalue weighted by Crippen LogP contribution is -1.81. The van der Waals surface area contributed by atoms with Gasteiger partial charge in [-0.2, -0.15) is 5.10 Å². The molecular formula is C11H8FN3S. The van der Waals surface area contributed by atoms with E-state index in [0.29, 0.717) is 5.82 Å². The number of nitrogens with one attached hydrogen (secondary N) is 1. The summed E-state index contributed by atoms with van der Waals surface area (Å²) in [4.78, 5) is 1.00. The highest BCUT2D eigenvalue weighted by Crippen LogP contribution is 2.33. The molecule has 0 spiro atoms. The van der Waals surface area contributed by atoms with Crippen molar-refractivity contribution >= 4 is 27.2 Å². The summed E-state index contributed by atoms with van der Waals surface area (Å²) in [6.45, 7) is 0. The van der Waals surface area contributed by atoms with Crippen LogP contribution in [0.3, 0.4) is 0 Å². The van der Waals surface area contributed by atoms with Crippen LogP contribution in [0.25, 0.3) is 20.7 Å². The molecule has 0 aliphatic heterocycles. The van der Waals surface area contributed by atoms with Gasteiger partial charge in [-0.05, 0) is 29.7 Å². The van der Waals surface area contributed by atoms with Crippen molar-refractivity contribution in [2.45, 2.75) is 0 Å². The van der Waals surface area contributed by atoms with E-state index >= 15 is 0 Å². The van der Waals surface area contributed by atoms with Gasteiger partial charge in [0, 0.05) is 10.8 Å². The van der Waals surface area contributed by atoms with Crippen molar-refractivity contribution in [2.75, 3.05) is 5.73 Å². The molecule has 0 aliphatic rings. The number of nitrogens with zero attached hydrogens (tertiary/aromatic N) is 1. The molecule has 3 N–H and O–H groups in total. The molecule has 0 fully saturated rings. The molecule has 5 heteroatoms. The Morgan fingerprint density at radius 1 is 1.25 bits per heavy atom. The smallest absolute Gasteiger partial charge is 0.145 e. The van der Waals surface area contributed by atoms with Crippen molar-refractivity contribution < 1.29 is 4.39 Å². The number of thiophene rings is 1. The zero-order chi connectivity index (χ0) is 11.1. The van der Waals surface area contributed by atoms with Crippen LogP contribution in [0.15, 0.2) is 30.3 Å². The first-order chi connectivity index (χ1) is 7.72. The maximum absolute atomic E-state index is 13.0. The highest BCUT2D eigenvalue weighted by Gasteiger charge is 2.07. The number of aromatic nitrogens is 2. The van der Waals surface area contributed by atoms with E-state index in [-0.39, 0.29) is 5.82 Å². The molecule has 1 aromatic carbocycles. The van der Waals surface area contributed by atoms with Gasteiger partial charge in [-0.15, -0.1) is 11.3 Å². The number of aromatic amines is 1. The van der Waals surface area contributed by atoms with Crippen molar-refractivity contribution in [1.82, 2.24) is 10.2 Å². The summed E-state index contributed by atoms with van der Waals surface area (Å²) in [5.41, 5.74) is 6.40. The first kappa shape index (κ1) is 9.35. The molecule has 0 saturated carbocycles. The molecule has 3 aromatic rings. The fraction of sp³-hybridized carbons (Fsp3) is 0. The molecule has 16 heavy (non-hydrogen) atoms. The summed E-state index contributed by atoms with van der Waals surface area (Å²) in [6, 6.07) is 8.45. The van der Waals surface area contributed by atoms with Crippen LogP contribution in [0, 0.1) is 5.82 Å². The second kappa shape index (κ2) is 3.31. The third kappa shape index (κ3) is 1.45. The van der Waals surface area contributed by atoms with E-state index in [0.717, 1.165) is 20.7 Å². The third-order valence-electron chi connectivity index (χ3n) is 2.34. The summed E-state index contributed by atoms with van der Waals surface area (Å²) >= 11 is 1.58. The predicted octanol–water partition coefficient (Wildman–Crippen LogP) is 3.01.